The number of pyridine rings is 1. The number of halogens is 1. The van der Waals surface area contributed by atoms with Gasteiger partial charge in [0.2, 0.25) is 0 Å². The molecule has 2 fully saturated rings. The number of fused-ring (bicyclic) bond motifs is 1. The number of ether oxygens (including phenoxy) is 3. The first kappa shape index (κ1) is 26.3. The van der Waals surface area contributed by atoms with Crippen molar-refractivity contribution >= 4 is 17.6 Å². The van der Waals surface area contributed by atoms with Gasteiger partial charge in [0.25, 0.3) is 0 Å². The van der Waals surface area contributed by atoms with E-state index in [4.69, 9.17) is 30.8 Å². The molecule has 2 saturated carbocycles. The molecule has 0 amide bonds. The molecule has 0 aromatic carbocycles. The van der Waals surface area contributed by atoms with Gasteiger partial charge in [0.1, 0.15) is 23.7 Å². The first-order valence-electron chi connectivity index (χ1n) is 12.8. The van der Waals surface area contributed by atoms with Crippen LogP contribution < -0.4 is 9.47 Å². The average molecular weight is 543 g/mol. The van der Waals surface area contributed by atoms with E-state index in [1.165, 1.54) is 6.20 Å². The molecule has 3 aromatic heterocycles. The summed E-state index contributed by atoms with van der Waals surface area (Å²) < 4.78 is 19.2. The Labute approximate surface area is 225 Å². The Kier molecular flexibility index (Phi) is 7.75. The summed E-state index contributed by atoms with van der Waals surface area (Å²) in [4.78, 5) is 24.8. The molecule has 0 spiro atoms. The summed E-state index contributed by atoms with van der Waals surface area (Å²) >= 11 is 6.16. The Hall–Kier alpha value is -3.31. The van der Waals surface area contributed by atoms with Crippen molar-refractivity contribution in [1.29, 1.82) is 0 Å². The fraction of sp³-hybridized carbons (Fsp3) is 0.538. The summed E-state index contributed by atoms with van der Waals surface area (Å²) in [7, 11) is 1.78. The molecule has 2 aliphatic rings. The van der Waals surface area contributed by atoms with Crippen LogP contribution in [0, 0.1) is 24.7 Å². The van der Waals surface area contributed by atoms with E-state index < -0.39 is 5.97 Å². The molecule has 11 nitrogen and oxygen atoms in total. The highest BCUT2D eigenvalue weighted by Gasteiger charge is 2.47. The predicted octanol–water partition coefficient (Wildman–Crippen LogP) is 4.01. The SMILES string of the molecule is CCOCc1nc(OCc2c(-c3ccc(OC4CC5CCC(C(=O)O)C5C4)c(C)n3)nnn2C)ncc1Cl. The van der Waals surface area contributed by atoms with E-state index in [0.717, 1.165) is 31.4 Å². The topological polar surface area (TPSA) is 134 Å². The number of hydrogen-bond acceptors (Lipinski definition) is 9. The molecular formula is C26H31ClN6O5. The van der Waals surface area contributed by atoms with Crippen molar-refractivity contribution in [2.75, 3.05) is 6.61 Å². The Morgan fingerprint density at radius 2 is 2.05 bits per heavy atom. The van der Waals surface area contributed by atoms with Crippen LogP contribution in [-0.2, 0) is 29.8 Å². The molecule has 0 saturated heterocycles. The lowest BCUT2D eigenvalue weighted by Crippen LogP contribution is -2.21. The van der Waals surface area contributed by atoms with Crippen LogP contribution in [0.1, 0.15) is 49.7 Å². The van der Waals surface area contributed by atoms with E-state index in [1.54, 1.807) is 11.7 Å². The zero-order chi connectivity index (χ0) is 26.8. The smallest absolute Gasteiger partial charge is 0.317 e. The Morgan fingerprint density at radius 3 is 2.82 bits per heavy atom. The molecule has 1 N–H and O–H groups in total. The summed E-state index contributed by atoms with van der Waals surface area (Å²) in [6, 6.07) is 3.92. The first-order chi connectivity index (χ1) is 18.3. The van der Waals surface area contributed by atoms with Crippen molar-refractivity contribution in [3.63, 3.8) is 0 Å². The van der Waals surface area contributed by atoms with E-state index in [-0.39, 0.29) is 37.2 Å². The highest BCUT2D eigenvalue weighted by atomic mass is 35.5. The number of carboxylic acid groups (broad SMARTS) is 1. The summed E-state index contributed by atoms with van der Waals surface area (Å²) in [5, 5.41) is 18.4. The van der Waals surface area contributed by atoms with Crippen molar-refractivity contribution < 1.29 is 24.1 Å². The minimum atomic E-state index is -0.683. The minimum absolute atomic E-state index is 0.00553. The number of nitrogens with zero attached hydrogens (tertiary/aromatic N) is 6. The van der Waals surface area contributed by atoms with Gasteiger partial charge in [0.05, 0.1) is 46.9 Å². The molecule has 0 bridgehead atoms. The lowest BCUT2D eigenvalue weighted by Gasteiger charge is -2.18. The Bertz CT molecular complexity index is 1320. The van der Waals surface area contributed by atoms with Crippen molar-refractivity contribution in [2.24, 2.45) is 24.8 Å². The summed E-state index contributed by atoms with van der Waals surface area (Å²) in [6.45, 7) is 4.73. The van der Waals surface area contributed by atoms with Crippen LogP contribution in [-0.4, -0.2) is 53.7 Å². The lowest BCUT2D eigenvalue weighted by molar-refractivity contribution is -0.143. The molecule has 202 valence electrons. The van der Waals surface area contributed by atoms with Gasteiger partial charge in [-0.15, -0.1) is 5.10 Å². The molecular weight excluding hydrogens is 512 g/mol. The van der Waals surface area contributed by atoms with Gasteiger partial charge in [-0.3, -0.25) is 4.79 Å². The third-order valence-corrected chi connectivity index (χ3v) is 7.80. The van der Waals surface area contributed by atoms with Gasteiger partial charge in [-0.05, 0) is 63.5 Å². The van der Waals surface area contributed by atoms with Crippen LogP contribution in [0.3, 0.4) is 0 Å². The zero-order valence-electron chi connectivity index (χ0n) is 21.6. The highest BCUT2D eigenvalue weighted by Crippen LogP contribution is 2.48. The van der Waals surface area contributed by atoms with E-state index >= 15 is 0 Å². The number of rotatable bonds is 10. The Balaban J connectivity index is 1.27. The first-order valence-corrected chi connectivity index (χ1v) is 13.2. The highest BCUT2D eigenvalue weighted by molar-refractivity contribution is 6.31. The number of aromatic nitrogens is 6. The van der Waals surface area contributed by atoms with Gasteiger partial charge < -0.3 is 19.3 Å². The molecule has 3 aromatic rings. The second-order valence-electron chi connectivity index (χ2n) is 9.82. The van der Waals surface area contributed by atoms with Crippen LogP contribution in [0.15, 0.2) is 18.3 Å². The molecule has 0 aliphatic heterocycles. The third-order valence-electron chi connectivity index (χ3n) is 7.48. The van der Waals surface area contributed by atoms with Gasteiger partial charge in [-0.1, -0.05) is 16.8 Å². The van der Waals surface area contributed by atoms with Crippen molar-refractivity contribution in [3.05, 3.63) is 40.4 Å². The largest absolute Gasteiger partial charge is 0.489 e. The zero-order valence-corrected chi connectivity index (χ0v) is 22.4. The minimum Gasteiger partial charge on any atom is -0.489 e. The van der Waals surface area contributed by atoms with E-state index in [9.17, 15) is 9.90 Å². The van der Waals surface area contributed by atoms with Crippen LogP contribution in [0.4, 0.5) is 0 Å². The molecule has 4 unspecified atom stereocenters. The summed E-state index contributed by atoms with van der Waals surface area (Å²) in [5.74, 6) is 0.395. The van der Waals surface area contributed by atoms with Gasteiger partial charge >= 0.3 is 12.0 Å². The molecule has 38 heavy (non-hydrogen) atoms. The normalized spacial score (nSPS) is 22.4. The molecule has 12 heteroatoms. The molecule has 2 aliphatic carbocycles. The predicted molar refractivity (Wildman–Crippen MR) is 137 cm³/mol. The lowest BCUT2D eigenvalue weighted by atomic mass is 9.92. The number of carbonyl (C=O) groups is 1. The van der Waals surface area contributed by atoms with Crippen LogP contribution in [0.25, 0.3) is 11.4 Å². The number of carboxylic acids is 1. The molecule has 4 atom stereocenters. The summed E-state index contributed by atoms with van der Waals surface area (Å²) in [5.41, 5.74) is 3.22. The van der Waals surface area contributed by atoms with Crippen LogP contribution in [0.5, 0.6) is 11.8 Å². The monoisotopic (exact) mass is 542 g/mol. The maximum atomic E-state index is 11.6. The maximum absolute atomic E-state index is 11.6. The molecule has 0 radical (unpaired) electrons. The Morgan fingerprint density at radius 1 is 1.21 bits per heavy atom. The van der Waals surface area contributed by atoms with Gasteiger partial charge in [0, 0.05) is 13.7 Å². The fourth-order valence-electron chi connectivity index (χ4n) is 5.55. The molecule has 5 rings (SSSR count). The van der Waals surface area contributed by atoms with Crippen molar-refractivity contribution in [1.82, 2.24) is 29.9 Å². The van der Waals surface area contributed by atoms with E-state index in [2.05, 4.69) is 20.3 Å². The number of hydrogen-bond donors (Lipinski definition) is 1. The maximum Gasteiger partial charge on any atom is 0.317 e. The standard InChI is InChI=1S/C26H31ClN6O5/c1-4-36-12-21-19(27)11-28-26(30-21)37-13-22-24(31-32-33(22)3)20-7-8-23(14(2)29-20)38-16-9-15-5-6-17(25(34)35)18(15)10-16/h7-8,11,15-18H,4-6,9-10,12-13H2,1-3H3,(H,34,35). The molecule has 3 heterocycles. The second kappa shape index (κ2) is 11.2. The number of aliphatic carboxylic acids is 1. The van der Waals surface area contributed by atoms with E-state index in [1.807, 2.05) is 26.0 Å². The van der Waals surface area contributed by atoms with Gasteiger partial charge in [-0.2, -0.15) is 4.98 Å². The second-order valence-corrected chi connectivity index (χ2v) is 10.2. The third kappa shape index (κ3) is 5.44. The average Bonchev–Trinajstić information content (AvgIpc) is 3.58. The van der Waals surface area contributed by atoms with Crippen molar-refractivity contribution in [3.8, 4) is 23.1 Å². The quantitative estimate of drug-likeness (QED) is 0.400. The van der Waals surface area contributed by atoms with Gasteiger partial charge in [0.15, 0.2) is 0 Å². The fourth-order valence-corrected chi connectivity index (χ4v) is 5.69. The number of aryl methyl sites for hydroxylation is 2. The van der Waals surface area contributed by atoms with Crippen LogP contribution >= 0.6 is 11.6 Å². The van der Waals surface area contributed by atoms with Gasteiger partial charge in [-0.25, -0.2) is 14.6 Å². The summed E-state index contributed by atoms with van der Waals surface area (Å²) in [6.07, 6.45) is 4.89. The van der Waals surface area contributed by atoms with Crippen molar-refractivity contribution in [2.45, 2.75) is 58.8 Å². The van der Waals surface area contributed by atoms with Crippen LogP contribution in [0.2, 0.25) is 5.02 Å². The van der Waals surface area contributed by atoms with E-state index in [0.29, 0.717) is 46.1 Å².